The van der Waals surface area contributed by atoms with Gasteiger partial charge in [-0.2, -0.15) is 0 Å². The summed E-state index contributed by atoms with van der Waals surface area (Å²) in [5, 5.41) is 1.17. The zero-order valence-electron chi connectivity index (χ0n) is 8.73. The van der Waals surface area contributed by atoms with E-state index in [4.69, 9.17) is 4.98 Å². The Hall–Kier alpha value is -1.16. The van der Waals surface area contributed by atoms with Gasteiger partial charge in [0.2, 0.25) is 0 Å². The number of nitrogens with zero attached hydrogens (tertiary/aromatic N) is 3. The molecule has 0 spiro atoms. The average molecular weight is 219 g/mol. The van der Waals surface area contributed by atoms with Gasteiger partial charge in [-0.3, -0.25) is 4.98 Å². The third kappa shape index (κ3) is 1.49. The maximum absolute atomic E-state index is 4.70. The maximum atomic E-state index is 4.70. The largest absolute Gasteiger partial charge is 0.348 e. The lowest BCUT2D eigenvalue weighted by molar-refractivity contribution is 0.949. The summed E-state index contributed by atoms with van der Waals surface area (Å²) in [5.74, 6) is 0. The number of pyridine rings is 1. The number of rotatable bonds is 1. The first kappa shape index (κ1) is 9.09. The quantitative estimate of drug-likeness (QED) is 0.738. The first-order valence-corrected chi connectivity index (χ1v) is 6.12. The molecule has 0 amide bonds. The van der Waals surface area contributed by atoms with E-state index in [1.807, 2.05) is 12.4 Å². The van der Waals surface area contributed by atoms with E-state index in [1.165, 1.54) is 28.2 Å². The van der Waals surface area contributed by atoms with Crippen LogP contribution in [0.3, 0.4) is 0 Å². The molecule has 1 aliphatic heterocycles. The van der Waals surface area contributed by atoms with E-state index in [2.05, 4.69) is 16.8 Å². The van der Waals surface area contributed by atoms with Crippen molar-refractivity contribution >= 4 is 26.7 Å². The maximum Gasteiger partial charge on any atom is 0.186 e. The molecule has 0 saturated carbocycles. The number of hydrogen-bond donors (Lipinski definition) is 0. The van der Waals surface area contributed by atoms with Crippen molar-refractivity contribution in [3.05, 3.63) is 18.0 Å². The summed E-state index contributed by atoms with van der Waals surface area (Å²) in [6.45, 7) is 4.39. The van der Waals surface area contributed by atoms with Crippen LogP contribution in [0.2, 0.25) is 0 Å². The summed E-state index contributed by atoms with van der Waals surface area (Å²) < 4.78 is 1.21. The standard InChI is InChI=1S/C11H13N3S/c1-8-6-12-7-9-10(8)13-11(15-9)14-4-2-3-5-14/h6-7H,2-5H2,1H3. The predicted octanol–water partition coefficient (Wildman–Crippen LogP) is 2.60. The minimum Gasteiger partial charge on any atom is -0.348 e. The lowest BCUT2D eigenvalue weighted by Gasteiger charge is -2.11. The summed E-state index contributed by atoms with van der Waals surface area (Å²) in [5.41, 5.74) is 2.30. The van der Waals surface area contributed by atoms with Gasteiger partial charge in [0.1, 0.15) is 0 Å². The first-order chi connectivity index (χ1) is 7.34. The van der Waals surface area contributed by atoms with Crippen LogP contribution in [0, 0.1) is 6.92 Å². The van der Waals surface area contributed by atoms with Crippen molar-refractivity contribution in [2.75, 3.05) is 18.0 Å². The van der Waals surface area contributed by atoms with Crippen LogP contribution < -0.4 is 4.90 Å². The number of aromatic nitrogens is 2. The van der Waals surface area contributed by atoms with Crippen molar-refractivity contribution in [2.45, 2.75) is 19.8 Å². The van der Waals surface area contributed by atoms with Crippen LogP contribution in [0.15, 0.2) is 12.4 Å². The first-order valence-electron chi connectivity index (χ1n) is 5.31. The lowest BCUT2D eigenvalue weighted by Crippen LogP contribution is -2.16. The van der Waals surface area contributed by atoms with Crippen LogP contribution in [-0.4, -0.2) is 23.1 Å². The van der Waals surface area contributed by atoms with Crippen molar-refractivity contribution in [1.82, 2.24) is 9.97 Å². The Bertz CT molecular complexity index is 486. The molecular formula is C11H13N3S. The molecule has 0 atom stereocenters. The lowest BCUT2D eigenvalue weighted by atomic mass is 10.3. The number of thiazole rings is 1. The van der Waals surface area contributed by atoms with Gasteiger partial charge in [0, 0.05) is 25.5 Å². The monoisotopic (exact) mass is 219 g/mol. The van der Waals surface area contributed by atoms with Crippen LogP contribution >= 0.6 is 11.3 Å². The molecule has 0 aromatic carbocycles. The van der Waals surface area contributed by atoms with Gasteiger partial charge in [-0.1, -0.05) is 11.3 Å². The molecule has 4 heteroatoms. The molecule has 0 aliphatic carbocycles. The summed E-state index contributed by atoms with van der Waals surface area (Å²) in [6.07, 6.45) is 6.40. The smallest absolute Gasteiger partial charge is 0.186 e. The van der Waals surface area contributed by atoms with Crippen LogP contribution in [0.25, 0.3) is 10.2 Å². The predicted molar refractivity (Wildman–Crippen MR) is 63.6 cm³/mol. The van der Waals surface area contributed by atoms with Crippen molar-refractivity contribution in [2.24, 2.45) is 0 Å². The summed E-state index contributed by atoms with van der Waals surface area (Å²) in [4.78, 5) is 11.3. The fraction of sp³-hybridized carbons (Fsp3) is 0.455. The molecule has 15 heavy (non-hydrogen) atoms. The van der Waals surface area contributed by atoms with E-state index in [-0.39, 0.29) is 0 Å². The van der Waals surface area contributed by atoms with Gasteiger partial charge in [-0.15, -0.1) is 0 Å². The van der Waals surface area contributed by atoms with E-state index in [0.717, 1.165) is 18.6 Å². The van der Waals surface area contributed by atoms with Gasteiger partial charge >= 0.3 is 0 Å². The highest BCUT2D eigenvalue weighted by molar-refractivity contribution is 7.22. The van der Waals surface area contributed by atoms with Crippen molar-refractivity contribution in [3.63, 3.8) is 0 Å². The molecule has 2 aromatic rings. The number of aryl methyl sites for hydroxylation is 1. The number of fused-ring (bicyclic) bond motifs is 1. The third-order valence-corrected chi connectivity index (χ3v) is 3.90. The molecule has 1 aliphatic rings. The molecular weight excluding hydrogens is 206 g/mol. The molecule has 1 saturated heterocycles. The van der Waals surface area contributed by atoms with E-state index >= 15 is 0 Å². The van der Waals surface area contributed by atoms with E-state index in [9.17, 15) is 0 Å². The van der Waals surface area contributed by atoms with E-state index in [1.54, 1.807) is 11.3 Å². The third-order valence-electron chi connectivity index (χ3n) is 2.85. The number of hydrogen-bond acceptors (Lipinski definition) is 4. The average Bonchev–Trinajstić information content (AvgIpc) is 2.86. The highest BCUT2D eigenvalue weighted by atomic mass is 32.1. The molecule has 0 bridgehead atoms. The van der Waals surface area contributed by atoms with Gasteiger partial charge in [-0.05, 0) is 25.3 Å². The molecule has 3 nitrogen and oxygen atoms in total. The van der Waals surface area contributed by atoms with Gasteiger partial charge in [0.15, 0.2) is 5.13 Å². The molecule has 3 heterocycles. The van der Waals surface area contributed by atoms with E-state index in [0.29, 0.717) is 0 Å². The van der Waals surface area contributed by atoms with Crippen LogP contribution in [0.1, 0.15) is 18.4 Å². The van der Waals surface area contributed by atoms with E-state index < -0.39 is 0 Å². The van der Waals surface area contributed by atoms with Crippen molar-refractivity contribution < 1.29 is 0 Å². The van der Waals surface area contributed by atoms with Gasteiger partial charge < -0.3 is 4.90 Å². The SMILES string of the molecule is Cc1cncc2sc(N3CCCC3)nc12. The van der Waals surface area contributed by atoms with Crippen molar-refractivity contribution in [3.8, 4) is 0 Å². The van der Waals surface area contributed by atoms with Crippen LogP contribution in [0.5, 0.6) is 0 Å². The minimum atomic E-state index is 1.12. The Labute approximate surface area is 92.8 Å². The highest BCUT2D eigenvalue weighted by Gasteiger charge is 2.16. The molecule has 0 N–H and O–H groups in total. The Balaban J connectivity index is 2.09. The fourth-order valence-electron chi connectivity index (χ4n) is 2.01. The molecule has 78 valence electrons. The Morgan fingerprint density at radius 3 is 2.80 bits per heavy atom. The second kappa shape index (κ2) is 3.45. The van der Waals surface area contributed by atoms with Crippen LogP contribution in [-0.2, 0) is 0 Å². The Kier molecular flexibility index (Phi) is 2.09. The normalized spacial score (nSPS) is 16.5. The van der Waals surface area contributed by atoms with Gasteiger partial charge in [0.05, 0.1) is 10.2 Å². The van der Waals surface area contributed by atoms with Gasteiger partial charge in [0.25, 0.3) is 0 Å². The molecule has 3 rings (SSSR count). The summed E-state index contributed by atoms with van der Waals surface area (Å²) >= 11 is 1.76. The second-order valence-corrected chi connectivity index (χ2v) is 5.00. The van der Waals surface area contributed by atoms with Crippen LogP contribution in [0.4, 0.5) is 5.13 Å². The molecule has 0 radical (unpaired) electrons. The zero-order valence-corrected chi connectivity index (χ0v) is 9.55. The molecule has 1 fully saturated rings. The van der Waals surface area contributed by atoms with Gasteiger partial charge in [-0.25, -0.2) is 4.98 Å². The second-order valence-electron chi connectivity index (χ2n) is 3.99. The molecule has 0 unspecified atom stereocenters. The Morgan fingerprint density at radius 2 is 2.07 bits per heavy atom. The molecule has 2 aromatic heterocycles. The topological polar surface area (TPSA) is 29.0 Å². The zero-order chi connectivity index (χ0) is 10.3. The Morgan fingerprint density at radius 1 is 1.27 bits per heavy atom. The summed E-state index contributed by atoms with van der Waals surface area (Å²) in [6, 6.07) is 0. The highest BCUT2D eigenvalue weighted by Crippen LogP contribution is 2.31. The van der Waals surface area contributed by atoms with Crippen molar-refractivity contribution in [1.29, 1.82) is 0 Å². The fourth-order valence-corrected chi connectivity index (χ4v) is 3.07. The minimum absolute atomic E-state index is 1.12. The summed E-state index contributed by atoms with van der Waals surface area (Å²) in [7, 11) is 0. The number of anilines is 1.